The molecule has 0 bridgehead atoms. The van der Waals surface area contributed by atoms with Crippen LogP contribution in [-0.2, 0) is 6.18 Å². The quantitative estimate of drug-likeness (QED) is 0.805. The fraction of sp³-hybridized carbons (Fsp3) is 0.462. The molecule has 1 fully saturated rings. The molecule has 2 rings (SSSR count). The first-order valence-corrected chi connectivity index (χ1v) is 6.18. The second kappa shape index (κ2) is 6.62. The number of piperazine rings is 1. The molecule has 1 amide bonds. The molecule has 0 radical (unpaired) electrons. The molecule has 118 valence electrons. The first-order chi connectivity index (χ1) is 9.29. The molecule has 0 aromatic heterocycles. The molecular formula is C13H15ClF4N2O. The summed E-state index contributed by atoms with van der Waals surface area (Å²) in [6.45, 7) is 3.02. The molecule has 1 heterocycles. The highest BCUT2D eigenvalue weighted by atomic mass is 35.5. The van der Waals surface area contributed by atoms with Gasteiger partial charge in [0.05, 0.1) is 11.1 Å². The lowest BCUT2D eigenvalue weighted by atomic mass is 10.0. The lowest BCUT2D eigenvalue weighted by molar-refractivity contribution is -0.138. The number of carbonyl (C=O) groups excluding carboxylic acids is 1. The van der Waals surface area contributed by atoms with E-state index in [1.807, 2.05) is 6.92 Å². The molecule has 0 saturated carbocycles. The minimum Gasteiger partial charge on any atom is -0.336 e. The second-order valence-corrected chi connectivity index (χ2v) is 4.79. The van der Waals surface area contributed by atoms with E-state index in [-0.39, 0.29) is 18.4 Å². The van der Waals surface area contributed by atoms with Crippen molar-refractivity contribution in [3.05, 3.63) is 35.1 Å². The average molecular weight is 327 g/mol. The molecule has 3 nitrogen and oxygen atoms in total. The zero-order chi connectivity index (χ0) is 14.9. The molecular weight excluding hydrogens is 312 g/mol. The van der Waals surface area contributed by atoms with Gasteiger partial charge in [-0.25, -0.2) is 4.39 Å². The van der Waals surface area contributed by atoms with Crippen LogP contribution >= 0.6 is 12.4 Å². The zero-order valence-electron chi connectivity index (χ0n) is 11.2. The van der Waals surface area contributed by atoms with Crippen molar-refractivity contribution in [2.75, 3.05) is 19.6 Å². The predicted octanol–water partition coefficient (Wildman–Crippen LogP) is 2.70. The summed E-state index contributed by atoms with van der Waals surface area (Å²) >= 11 is 0. The highest BCUT2D eigenvalue weighted by Crippen LogP contribution is 2.33. The Balaban J connectivity index is 0.00000220. The molecule has 0 spiro atoms. The number of alkyl halides is 3. The lowest BCUT2D eigenvalue weighted by Gasteiger charge is -2.32. The van der Waals surface area contributed by atoms with Crippen molar-refractivity contribution in [3.8, 4) is 0 Å². The van der Waals surface area contributed by atoms with Gasteiger partial charge in [-0.05, 0) is 25.1 Å². The van der Waals surface area contributed by atoms with E-state index in [9.17, 15) is 22.4 Å². The van der Waals surface area contributed by atoms with Gasteiger partial charge in [-0.2, -0.15) is 13.2 Å². The van der Waals surface area contributed by atoms with E-state index in [1.165, 1.54) is 4.90 Å². The highest BCUT2D eigenvalue weighted by molar-refractivity contribution is 5.96. The molecule has 1 aromatic rings. The molecule has 0 aliphatic carbocycles. The van der Waals surface area contributed by atoms with Crippen LogP contribution in [0.5, 0.6) is 0 Å². The second-order valence-electron chi connectivity index (χ2n) is 4.79. The summed E-state index contributed by atoms with van der Waals surface area (Å²) in [7, 11) is 0. The van der Waals surface area contributed by atoms with Gasteiger partial charge in [0.25, 0.3) is 5.91 Å². The molecule has 1 saturated heterocycles. The van der Waals surface area contributed by atoms with Crippen LogP contribution in [-0.4, -0.2) is 36.5 Å². The summed E-state index contributed by atoms with van der Waals surface area (Å²) in [5.74, 6) is -1.73. The fourth-order valence-electron chi connectivity index (χ4n) is 2.22. The fourth-order valence-corrected chi connectivity index (χ4v) is 2.22. The maximum Gasteiger partial charge on any atom is 0.417 e. The van der Waals surface area contributed by atoms with Crippen LogP contribution in [0.3, 0.4) is 0 Å². The summed E-state index contributed by atoms with van der Waals surface area (Å²) in [5.41, 5.74) is -1.73. The summed E-state index contributed by atoms with van der Waals surface area (Å²) in [5, 5.41) is 3.10. The van der Waals surface area contributed by atoms with Gasteiger partial charge in [0, 0.05) is 25.7 Å². The first kappa shape index (κ1) is 17.7. The summed E-state index contributed by atoms with van der Waals surface area (Å²) in [4.78, 5) is 13.6. The summed E-state index contributed by atoms with van der Waals surface area (Å²) < 4.78 is 51.7. The summed E-state index contributed by atoms with van der Waals surface area (Å²) in [6.07, 6.45) is -4.76. The predicted molar refractivity (Wildman–Crippen MR) is 72.0 cm³/mol. The number of amides is 1. The Kier molecular flexibility index (Phi) is 5.58. The van der Waals surface area contributed by atoms with E-state index >= 15 is 0 Å². The van der Waals surface area contributed by atoms with E-state index < -0.39 is 29.0 Å². The Labute approximate surface area is 125 Å². The number of carbonyl (C=O) groups is 1. The van der Waals surface area contributed by atoms with Crippen LogP contribution < -0.4 is 5.32 Å². The minimum absolute atomic E-state index is 0. The molecule has 1 atom stereocenters. The van der Waals surface area contributed by atoms with Gasteiger partial charge in [-0.1, -0.05) is 0 Å². The van der Waals surface area contributed by atoms with Crippen molar-refractivity contribution < 1.29 is 22.4 Å². The molecule has 8 heteroatoms. The third-order valence-electron chi connectivity index (χ3n) is 3.17. The number of nitrogens with zero attached hydrogens (tertiary/aromatic N) is 1. The number of hydrogen-bond donors (Lipinski definition) is 1. The third-order valence-corrected chi connectivity index (χ3v) is 3.17. The Bertz CT molecular complexity index is 521. The van der Waals surface area contributed by atoms with E-state index in [0.717, 1.165) is 12.1 Å². The zero-order valence-corrected chi connectivity index (χ0v) is 12.0. The van der Waals surface area contributed by atoms with Crippen molar-refractivity contribution in [1.82, 2.24) is 10.2 Å². The number of hydrogen-bond acceptors (Lipinski definition) is 2. The molecule has 0 unspecified atom stereocenters. The molecule has 1 aromatic carbocycles. The minimum atomic E-state index is -4.76. The first-order valence-electron chi connectivity index (χ1n) is 6.18. The standard InChI is InChI=1S/C13H14F4N2O.ClH/c1-8-7-19(5-4-18-8)12(20)10-3-2-9(14)6-11(10)13(15,16)17;/h2-3,6,8,18H,4-5,7H2,1H3;1H/t8-;/m1./s1. The van der Waals surface area contributed by atoms with E-state index in [4.69, 9.17) is 0 Å². The Morgan fingerprint density at radius 3 is 2.62 bits per heavy atom. The van der Waals surface area contributed by atoms with Crippen LogP contribution in [0.15, 0.2) is 18.2 Å². The Morgan fingerprint density at radius 2 is 2.05 bits per heavy atom. The van der Waals surface area contributed by atoms with Crippen LogP contribution in [0.2, 0.25) is 0 Å². The van der Waals surface area contributed by atoms with Gasteiger partial charge in [0.2, 0.25) is 0 Å². The monoisotopic (exact) mass is 326 g/mol. The van der Waals surface area contributed by atoms with Crippen molar-refractivity contribution in [2.45, 2.75) is 19.1 Å². The largest absolute Gasteiger partial charge is 0.417 e. The van der Waals surface area contributed by atoms with Crippen LogP contribution in [0.4, 0.5) is 17.6 Å². The van der Waals surface area contributed by atoms with Crippen molar-refractivity contribution in [3.63, 3.8) is 0 Å². The van der Waals surface area contributed by atoms with Gasteiger partial charge in [-0.3, -0.25) is 4.79 Å². The van der Waals surface area contributed by atoms with Crippen LogP contribution in [0.25, 0.3) is 0 Å². The van der Waals surface area contributed by atoms with Crippen molar-refractivity contribution >= 4 is 18.3 Å². The smallest absolute Gasteiger partial charge is 0.336 e. The van der Waals surface area contributed by atoms with Crippen LogP contribution in [0.1, 0.15) is 22.8 Å². The molecule has 1 N–H and O–H groups in total. The van der Waals surface area contributed by atoms with Gasteiger partial charge in [0.1, 0.15) is 5.82 Å². The maximum absolute atomic E-state index is 13.0. The molecule has 21 heavy (non-hydrogen) atoms. The molecule has 1 aliphatic heterocycles. The topological polar surface area (TPSA) is 32.3 Å². The number of nitrogens with one attached hydrogen (secondary N) is 1. The van der Waals surface area contributed by atoms with Crippen molar-refractivity contribution in [1.29, 1.82) is 0 Å². The summed E-state index contributed by atoms with van der Waals surface area (Å²) in [6, 6.07) is 2.14. The Morgan fingerprint density at radius 1 is 1.38 bits per heavy atom. The highest BCUT2D eigenvalue weighted by Gasteiger charge is 2.37. The molecule has 1 aliphatic rings. The van der Waals surface area contributed by atoms with E-state index in [2.05, 4.69) is 5.32 Å². The van der Waals surface area contributed by atoms with E-state index in [1.54, 1.807) is 0 Å². The third kappa shape index (κ3) is 4.07. The van der Waals surface area contributed by atoms with Crippen molar-refractivity contribution in [2.24, 2.45) is 0 Å². The van der Waals surface area contributed by atoms with Gasteiger partial charge < -0.3 is 10.2 Å². The van der Waals surface area contributed by atoms with Gasteiger partial charge >= 0.3 is 6.18 Å². The normalized spacial score (nSPS) is 19.1. The number of rotatable bonds is 1. The lowest BCUT2D eigenvalue weighted by Crippen LogP contribution is -2.51. The van der Waals surface area contributed by atoms with Crippen LogP contribution in [0, 0.1) is 5.82 Å². The van der Waals surface area contributed by atoms with Gasteiger partial charge in [0.15, 0.2) is 0 Å². The van der Waals surface area contributed by atoms with Gasteiger partial charge in [-0.15, -0.1) is 12.4 Å². The SMILES string of the molecule is C[C@@H]1CN(C(=O)c2ccc(F)cc2C(F)(F)F)CCN1.Cl. The van der Waals surface area contributed by atoms with E-state index in [0.29, 0.717) is 25.7 Å². The number of benzene rings is 1. The average Bonchev–Trinajstić information content (AvgIpc) is 2.37. The Hall–Kier alpha value is -1.34. The maximum atomic E-state index is 13.0. The number of halogens is 5.